The van der Waals surface area contributed by atoms with Crippen LogP contribution in [0.2, 0.25) is 5.02 Å². The summed E-state index contributed by atoms with van der Waals surface area (Å²) in [6.45, 7) is -0.0488. The Bertz CT molecular complexity index is 596. The Balaban J connectivity index is 2.36. The van der Waals surface area contributed by atoms with Crippen molar-refractivity contribution < 1.29 is 17.9 Å². The smallest absolute Gasteiger partial charge is 0.405 e. The van der Waals surface area contributed by atoms with Crippen LogP contribution in [0.5, 0.6) is 5.75 Å². The van der Waals surface area contributed by atoms with Gasteiger partial charge in [0, 0.05) is 17.1 Å². The van der Waals surface area contributed by atoms with E-state index in [1.165, 1.54) is 6.07 Å². The molecule has 0 aliphatic heterocycles. The van der Waals surface area contributed by atoms with Gasteiger partial charge in [-0.2, -0.15) is 0 Å². The average molecular weight is 302 g/mol. The quantitative estimate of drug-likeness (QED) is 0.914. The summed E-state index contributed by atoms with van der Waals surface area (Å²) in [5.41, 5.74) is 7.34. The Labute approximate surface area is 118 Å². The molecule has 0 bridgehead atoms. The van der Waals surface area contributed by atoms with Crippen molar-refractivity contribution in [1.82, 2.24) is 0 Å². The fraction of sp³-hybridized carbons (Fsp3) is 0.143. The number of nitrogens with two attached hydrogens (primary N) is 1. The maximum atomic E-state index is 12.2. The molecule has 20 heavy (non-hydrogen) atoms. The zero-order valence-electron chi connectivity index (χ0n) is 10.2. The summed E-state index contributed by atoms with van der Waals surface area (Å²) in [6, 6.07) is 11.4. The molecule has 0 heterocycles. The van der Waals surface area contributed by atoms with E-state index >= 15 is 0 Å². The number of benzene rings is 2. The maximum absolute atomic E-state index is 12.2. The number of ether oxygens (including phenoxy) is 1. The number of halogens is 4. The van der Waals surface area contributed by atoms with Gasteiger partial charge in [0.1, 0.15) is 5.75 Å². The Morgan fingerprint density at radius 2 is 1.60 bits per heavy atom. The van der Waals surface area contributed by atoms with Crippen molar-refractivity contribution in [2.45, 2.75) is 12.9 Å². The average Bonchev–Trinajstić information content (AvgIpc) is 2.38. The SMILES string of the molecule is NCc1cc(-c2ccc(Cl)cc2)ccc1OC(F)(F)F. The molecule has 2 aromatic rings. The molecule has 0 fully saturated rings. The lowest BCUT2D eigenvalue weighted by molar-refractivity contribution is -0.274. The molecule has 0 spiro atoms. The molecule has 2 N–H and O–H groups in total. The van der Waals surface area contributed by atoms with Crippen LogP contribution in [0.3, 0.4) is 0 Å². The van der Waals surface area contributed by atoms with Gasteiger partial charge in [-0.3, -0.25) is 0 Å². The first-order valence-electron chi connectivity index (χ1n) is 5.74. The molecule has 0 amide bonds. The third-order valence-corrected chi connectivity index (χ3v) is 2.94. The molecule has 6 heteroatoms. The highest BCUT2D eigenvalue weighted by atomic mass is 35.5. The summed E-state index contributed by atoms with van der Waals surface area (Å²) < 4.78 is 40.7. The van der Waals surface area contributed by atoms with Crippen molar-refractivity contribution >= 4 is 11.6 Å². The van der Waals surface area contributed by atoms with Crippen LogP contribution in [-0.4, -0.2) is 6.36 Å². The van der Waals surface area contributed by atoms with Crippen LogP contribution in [0.15, 0.2) is 42.5 Å². The predicted octanol–water partition coefficient (Wildman–Crippen LogP) is 4.36. The van der Waals surface area contributed by atoms with E-state index < -0.39 is 6.36 Å². The lowest BCUT2D eigenvalue weighted by Gasteiger charge is -2.13. The van der Waals surface area contributed by atoms with Gasteiger partial charge in [-0.15, -0.1) is 13.2 Å². The van der Waals surface area contributed by atoms with Gasteiger partial charge in [0.2, 0.25) is 0 Å². The molecule has 2 rings (SSSR count). The molecule has 0 atom stereocenters. The summed E-state index contributed by atoms with van der Waals surface area (Å²) >= 11 is 5.79. The summed E-state index contributed by atoms with van der Waals surface area (Å²) in [5.74, 6) is -0.280. The highest BCUT2D eigenvalue weighted by Crippen LogP contribution is 2.30. The lowest BCUT2D eigenvalue weighted by Crippen LogP contribution is -2.18. The van der Waals surface area contributed by atoms with E-state index in [0.29, 0.717) is 5.02 Å². The minimum absolute atomic E-state index is 0.0488. The van der Waals surface area contributed by atoms with Gasteiger partial charge < -0.3 is 10.5 Å². The second-order valence-corrected chi connectivity index (χ2v) is 4.52. The van der Waals surface area contributed by atoms with Gasteiger partial charge in [0.15, 0.2) is 0 Å². The summed E-state index contributed by atoms with van der Waals surface area (Å²) in [4.78, 5) is 0. The van der Waals surface area contributed by atoms with Gasteiger partial charge in [-0.25, -0.2) is 0 Å². The zero-order valence-corrected chi connectivity index (χ0v) is 11.0. The predicted molar refractivity (Wildman–Crippen MR) is 71.5 cm³/mol. The van der Waals surface area contributed by atoms with Crippen molar-refractivity contribution in [3.05, 3.63) is 53.1 Å². The number of alkyl halides is 3. The topological polar surface area (TPSA) is 35.2 Å². The first-order chi connectivity index (χ1) is 9.39. The van der Waals surface area contributed by atoms with E-state index in [1.54, 1.807) is 36.4 Å². The van der Waals surface area contributed by atoms with Crippen molar-refractivity contribution in [3.8, 4) is 16.9 Å². The highest BCUT2D eigenvalue weighted by Gasteiger charge is 2.31. The first-order valence-corrected chi connectivity index (χ1v) is 6.11. The van der Waals surface area contributed by atoms with E-state index in [4.69, 9.17) is 17.3 Å². The van der Waals surface area contributed by atoms with E-state index in [0.717, 1.165) is 11.1 Å². The second-order valence-electron chi connectivity index (χ2n) is 4.08. The minimum atomic E-state index is -4.73. The normalized spacial score (nSPS) is 11.4. The molecular weight excluding hydrogens is 291 g/mol. The minimum Gasteiger partial charge on any atom is -0.405 e. The summed E-state index contributed by atoms with van der Waals surface area (Å²) in [7, 11) is 0. The van der Waals surface area contributed by atoms with Gasteiger partial charge in [-0.1, -0.05) is 29.8 Å². The van der Waals surface area contributed by atoms with Crippen LogP contribution in [0, 0.1) is 0 Å². The van der Waals surface area contributed by atoms with Crippen LogP contribution in [0.4, 0.5) is 13.2 Å². The van der Waals surface area contributed by atoms with E-state index in [-0.39, 0.29) is 17.9 Å². The second kappa shape index (κ2) is 5.73. The van der Waals surface area contributed by atoms with Crippen LogP contribution in [0.25, 0.3) is 11.1 Å². The standard InChI is InChI=1S/C14H11ClF3NO/c15-12-4-1-9(2-5-12)10-3-6-13(11(7-10)8-19)20-14(16,17)18/h1-7H,8,19H2. The Hall–Kier alpha value is -1.72. The van der Waals surface area contributed by atoms with Crippen molar-refractivity contribution in [2.24, 2.45) is 5.73 Å². The monoisotopic (exact) mass is 301 g/mol. The number of rotatable bonds is 3. The Kier molecular flexibility index (Phi) is 4.20. The van der Waals surface area contributed by atoms with Crippen LogP contribution >= 0.6 is 11.6 Å². The largest absolute Gasteiger partial charge is 0.573 e. The fourth-order valence-corrected chi connectivity index (χ4v) is 1.91. The fourth-order valence-electron chi connectivity index (χ4n) is 1.79. The molecular formula is C14H11ClF3NO. The van der Waals surface area contributed by atoms with Crippen molar-refractivity contribution in [2.75, 3.05) is 0 Å². The van der Waals surface area contributed by atoms with Crippen LogP contribution in [0.1, 0.15) is 5.56 Å². The lowest BCUT2D eigenvalue weighted by atomic mass is 10.0. The molecule has 0 unspecified atom stereocenters. The van der Waals surface area contributed by atoms with Crippen molar-refractivity contribution in [3.63, 3.8) is 0 Å². The molecule has 0 saturated carbocycles. The Morgan fingerprint density at radius 1 is 1.00 bits per heavy atom. The third-order valence-electron chi connectivity index (χ3n) is 2.68. The van der Waals surface area contributed by atoms with Gasteiger partial charge in [-0.05, 0) is 35.4 Å². The summed E-state index contributed by atoms with van der Waals surface area (Å²) in [6.07, 6.45) is -4.73. The van der Waals surface area contributed by atoms with Gasteiger partial charge in [0.25, 0.3) is 0 Å². The molecule has 0 aliphatic rings. The maximum Gasteiger partial charge on any atom is 0.573 e. The number of hydrogen-bond acceptors (Lipinski definition) is 2. The molecule has 2 aromatic carbocycles. The summed E-state index contributed by atoms with van der Waals surface area (Å²) in [5, 5.41) is 0.588. The van der Waals surface area contributed by atoms with Gasteiger partial charge >= 0.3 is 6.36 Å². The highest BCUT2D eigenvalue weighted by molar-refractivity contribution is 6.30. The van der Waals surface area contributed by atoms with Crippen molar-refractivity contribution in [1.29, 1.82) is 0 Å². The molecule has 0 aliphatic carbocycles. The molecule has 2 nitrogen and oxygen atoms in total. The first kappa shape index (κ1) is 14.7. The molecule has 0 saturated heterocycles. The molecule has 106 valence electrons. The third kappa shape index (κ3) is 3.65. The molecule has 0 aromatic heterocycles. The van der Waals surface area contributed by atoms with E-state index in [2.05, 4.69) is 4.74 Å². The Morgan fingerprint density at radius 3 is 2.15 bits per heavy atom. The van der Waals surface area contributed by atoms with E-state index in [9.17, 15) is 13.2 Å². The van der Waals surface area contributed by atoms with Crippen LogP contribution < -0.4 is 10.5 Å². The number of hydrogen-bond donors (Lipinski definition) is 1. The van der Waals surface area contributed by atoms with E-state index in [1.807, 2.05) is 0 Å². The molecule has 0 radical (unpaired) electrons. The zero-order chi connectivity index (χ0) is 14.8. The van der Waals surface area contributed by atoms with Crippen LogP contribution in [-0.2, 0) is 6.54 Å². The van der Waals surface area contributed by atoms with Gasteiger partial charge in [0.05, 0.1) is 0 Å².